The van der Waals surface area contributed by atoms with Gasteiger partial charge in [-0.2, -0.15) is 0 Å². The van der Waals surface area contributed by atoms with Crippen LogP contribution < -0.4 is 5.32 Å². The Balaban J connectivity index is 1.66. The molecule has 0 bridgehead atoms. The molecule has 0 aromatic carbocycles. The van der Waals surface area contributed by atoms with Crippen LogP contribution in [0.3, 0.4) is 0 Å². The summed E-state index contributed by atoms with van der Waals surface area (Å²) in [5, 5.41) is 13.4. The zero-order valence-electron chi connectivity index (χ0n) is 12.3. The molecule has 0 spiro atoms. The second-order valence-corrected chi connectivity index (χ2v) is 6.27. The number of aromatic hydroxyl groups is 1. The zero-order chi connectivity index (χ0) is 13.9. The van der Waals surface area contributed by atoms with E-state index in [2.05, 4.69) is 15.2 Å². The van der Waals surface area contributed by atoms with Gasteiger partial charge in [-0.15, -0.1) is 0 Å². The second-order valence-electron chi connectivity index (χ2n) is 6.27. The van der Waals surface area contributed by atoms with E-state index in [1.54, 1.807) is 6.07 Å². The lowest BCUT2D eigenvalue weighted by atomic mass is 9.97. The van der Waals surface area contributed by atoms with Gasteiger partial charge in [-0.25, -0.2) is 0 Å². The first-order chi connectivity index (χ1) is 9.72. The van der Waals surface area contributed by atoms with Crippen LogP contribution in [0.25, 0.3) is 0 Å². The fraction of sp³-hybridized carbons (Fsp3) is 0.688. The van der Waals surface area contributed by atoms with Crippen molar-refractivity contribution < 1.29 is 5.11 Å². The number of pyridine rings is 1. The summed E-state index contributed by atoms with van der Waals surface area (Å²) < 4.78 is 0. The summed E-state index contributed by atoms with van der Waals surface area (Å²) in [4.78, 5) is 7.05. The third-order valence-electron chi connectivity index (χ3n) is 4.46. The van der Waals surface area contributed by atoms with E-state index in [1.807, 2.05) is 13.0 Å². The number of aromatic nitrogens is 1. The maximum Gasteiger partial charge on any atom is 0.138 e. The summed E-state index contributed by atoms with van der Waals surface area (Å²) >= 11 is 0. The van der Waals surface area contributed by atoms with Crippen molar-refractivity contribution in [3.63, 3.8) is 0 Å². The van der Waals surface area contributed by atoms with Crippen molar-refractivity contribution in [1.82, 2.24) is 15.2 Å². The maximum atomic E-state index is 9.99. The van der Waals surface area contributed by atoms with Crippen LogP contribution in [0.2, 0.25) is 0 Å². The smallest absolute Gasteiger partial charge is 0.138 e. The van der Waals surface area contributed by atoms with E-state index in [4.69, 9.17) is 0 Å². The molecular weight excluding hydrogens is 250 g/mol. The Labute approximate surface area is 121 Å². The zero-order valence-corrected chi connectivity index (χ0v) is 12.3. The minimum absolute atomic E-state index is 0.339. The van der Waals surface area contributed by atoms with E-state index in [-0.39, 0.29) is 0 Å². The standard InChI is InChI=1S/C16H25N3O/c1-12-2-5-16(20)15(18-12)11-19(14-3-4-14)10-13-6-8-17-9-7-13/h2,5,13-14,17,20H,3-4,6-11H2,1H3. The predicted molar refractivity (Wildman–Crippen MR) is 79.7 cm³/mol. The first-order valence-electron chi connectivity index (χ1n) is 7.82. The van der Waals surface area contributed by atoms with Crippen molar-refractivity contribution in [2.75, 3.05) is 19.6 Å². The van der Waals surface area contributed by atoms with E-state index in [1.165, 1.54) is 25.7 Å². The van der Waals surface area contributed by atoms with E-state index in [0.29, 0.717) is 11.8 Å². The summed E-state index contributed by atoms with van der Waals surface area (Å²) in [6, 6.07) is 4.35. The second kappa shape index (κ2) is 6.10. The fourth-order valence-corrected chi connectivity index (χ4v) is 3.09. The van der Waals surface area contributed by atoms with Crippen LogP contribution in [-0.4, -0.2) is 40.7 Å². The monoisotopic (exact) mass is 275 g/mol. The number of hydrogen-bond acceptors (Lipinski definition) is 4. The Morgan fingerprint density at radius 2 is 2.00 bits per heavy atom. The van der Waals surface area contributed by atoms with Gasteiger partial charge in [0, 0.05) is 24.8 Å². The molecule has 1 saturated heterocycles. The molecule has 0 amide bonds. The third kappa shape index (κ3) is 3.49. The molecule has 2 fully saturated rings. The van der Waals surface area contributed by atoms with Crippen LogP contribution in [0, 0.1) is 12.8 Å². The van der Waals surface area contributed by atoms with E-state index < -0.39 is 0 Å². The van der Waals surface area contributed by atoms with Crippen molar-refractivity contribution >= 4 is 0 Å². The number of piperidine rings is 1. The molecule has 20 heavy (non-hydrogen) atoms. The Morgan fingerprint density at radius 1 is 1.25 bits per heavy atom. The molecule has 1 aromatic heterocycles. The van der Waals surface area contributed by atoms with Gasteiger partial charge in [0.05, 0.1) is 5.69 Å². The molecule has 4 heteroatoms. The molecule has 110 valence electrons. The average molecular weight is 275 g/mol. The van der Waals surface area contributed by atoms with E-state index >= 15 is 0 Å². The van der Waals surface area contributed by atoms with Gasteiger partial charge in [0.2, 0.25) is 0 Å². The molecule has 3 rings (SSSR count). The molecule has 4 nitrogen and oxygen atoms in total. The molecular formula is C16H25N3O. The lowest BCUT2D eigenvalue weighted by Crippen LogP contribution is -2.37. The first kappa shape index (κ1) is 13.8. The van der Waals surface area contributed by atoms with Crippen LogP contribution in [0.4, 0.5) is 0 Å². The van der Waals surface area contributed by atoms with Crippen molar-refractivity contribution in [1.29, 1.82) is 0 Å². The number of aryl methyl sites for hydroxylation is 1. The van der Waals surface area contributed by atoms with Crippen LogP contribution in [-0.2, 0) is 6.54 Å². The van der Waals surface area contributed by atoms with Crippen molar-refractivity contribution in [2.45, 2.75) is 45.2 Å². The Hall–Kier alpha value is -1.13. The highest BCUT2D eigenvalue weighted by Crippen LogP contribution is 2.31. The highest BCUT2D eigenvalue weighted by molar-refractivity contribution is 5.27. The van der Waals surface area contributed by atoms with Gasteiger partial charge in [0.25, 0.3) is 0 Å². The van der Waals surface area contributed by atoms with Crippen molar-refractivity contribution in [2.24, 2.45) is 5.92 Å². The minimum Gasteiger partial charge on any atom is -0.506 e. The summed E-state index contributed by atoms with van der Waals surface area (Å²) in [5.41, 5.74) is 1.82. The Kier molecular flexibility index (Phi) is 4.22. The predicted octanol–water partition coefficient (Wildman–Crippen LogP) is 2.06. The molecule has 0 atom stereocenters. The highest BCUT2D eigenvalue weighted by Gasteiger charge is 2.31. The number of rotatable bonds is 5. The van der Waals surface area contributed by atoms with Crippen LogP contribution in [0.15, 0.2) is 12.1 Å². The maximum absolute atomic E-state index is 9.99. The number of nitrogens with zero attached hydrogens (tertiary/aromatic N) is 2. The van der Waals surface area contributed by atoms with Gasteiger partial charge in [-0.1, -0.05) is 0 Å². The van der Waals surface area contributed by atoms with Gasteiger partial charge in [-0.3, -0.25) is 9.88 Å². The summed E-state index contributed by atoms with van der Waals surface area (Å²) in [5.74, 6) is 1.13. The van der Waals surface area contributed by atoms with Crippen LogP contribution in [0.5, 0.6) is 5.75 Å². The quantitative estimate of drug-likeness (QED) is 0.863. The molecule has 2 heterocycles. The summed E-state index contributed by atoms with van der Waals surface area (Å²) in [6.45, 7) is 6.23. The largest absolute Gasteiger partial charge is 0.506 e. The highest BCUT2D eigenvalue weighted by atomic mass is 16.3. The topological polar surface area (TPSA) is 48.4 Å². The molecule has 1 aromatic rings. The van der Waals surface area contributed by atoms with Gasteiger partial charge in [0.1, 0.15) is 5.75 Å². The molecule has 1 saturated carbocycles. The molecule has 0 unspecified atom stereocenters. The van der Waals surface area contributed by atoms with Gasteiger partial charge >= 0.3 is 0 Å². The van der Waals surface area contributed by atoms with E-state index in [9.17, 15) is 5.11 Å². The van der Waals surface area contributed by atoms with Gasteiger partial charge < -0.3 is 10.4 Å². The van der Waals surface area contributed by atoms with Gasteiger partial charge in [-0.05, 0) is 63.7 Å². The molecule has 0 radical (unpaired) electrons. The average Bonchev–Trinajstić information content (AvgIpc) is 3.28. The van der Waals surface area contributed by atoms with Gasteiger partial charge in [0.15, 0.2) is 0 Å². The molecule has 1 aliphatic carbocycles. The Morgan fingerprint density at radius 3 is 2.70 bits per heavy atom. The summed E-state index contributed by atoms with van der Waals surface area (Å²) in [7, 11) is 0. The molecule has 2 N–H and O–H groups in total. The third-order valence-corrected chi connectivity index (χ3v) is 4.46. The van der Waals surface area contributed by atoms with E-state index in [0.717, 1.165) is 43.5 Å². The lowest BCUT2D eigenvalue weighted by Gasteiger charge is -2.30. The van der Waals surface area contributed by atoms with Crippen molar-refractivity contribution in [3.8, 4) is 5.75 Å². The normalized spacial score (nSPS) is 20.5. The van der Waals surface area contributed by atoms with Crippen LogP contribution in [0.1, 0.15) is 37.1 Å². The number of hydrogen-bond donors (Lipinski definition) is 2. The first-order valence-corrected chi connectivity index (χ1v) is 7.82. The molecule has 2 aliphatic rings. The fourth-order valence-electron chi connectivity index (χ4n) is 3.09. The lowest BCUT2D eigenvalue weighted by molar-refractivity contribution is 0.186. The summed E-state index contributed by atoms with van der Waals surface area (Å²) in [6.07, 6.45) is 5.15. The van der Waals surface area contributed by atoms with Crippen molar-refractivity contribution in [3.05, 3.63) is 23.5 Å². The SMILES string of the molecule is Cc1ccc(O)c(CN(CC2CCNCC2)C2CC2)n1. The minimum atomic E-state index is 0.339. The number of nitrogens with one attached hydrogen (secondary N) is 1. The van der Waals surface area contributed by atoms with Crippen LogP contribution >= 0.6 is 0 Å². The molecule has 1 aliphatic heterocycles. The Bertz CT molecular complexity index is 453.